The molecule has 0 aliphatic heterocycles. The van der Waals surface area contributed by atoms with E-state index in [0.717, 1.165) is 23.6 Å². The Hall–Kier alpha value is -0.980. The summed E-state index contributed by atoms with van der Waals surface area (Å²) in [6.45, 7) is 1.03. The summed E-state index contributed by atoms with van der Waals surface area (Å²) in [5.74, 6) is 0.896. The number of hydrogen-bond donors (Lipinski definition) is 1. The van der Waals surface area contributed by atoms with Crippen LogP contribution in [0.4, 0.5) is 11.5 Å². The van der Waals surface area contributed by atoms with Gasteiger partial charge in [-0.3, -0.25) is 0 Å². The quantitative estimate of drug-likeness (QED) is 0.403. The van der Waals surface area contributed by atoms with Gasteiger partial charge in [0.25, 0.3) is 0 Å². The van der Waals surface area contributed by atoms with E-state index in [9.17, 15) is 0 Å². The Morgan fingerprint density at radius 3 is 2.94 bits per heavy atom. The van der Waals surface area contributed by atoms with Crippen molar-refractivity contribution in [3.8, 4) is 0 Å². The van der Waals surface area contributed by atoms with Gasteiger partial charge in [-0.25, -0.2) is 0 Å². The second-order valence-corrected chi connectivity index (χ2v) is 6.96. The SMILES string of the molecule is C[I-]CCCCN(C)c1nn2ccccc2c1N. The fraction of sp³-hybridized carbons (Fsp3) is 0.462. The molecule has 2 aromatic rings. The number of unbranched alkanes of at least 4 members (excludes halogenated alkanes) is 1. The number of nitrogen functional groups attached to an aromatic ring is 1. The minimum atomic E-state index is 0.434. The average Bonchev–Trinajstić information content (AvgIpc) is 2.73. The van der Waals surface area contributed by atoms with E-state index >= 15 is 0 Å². The summed E-state index contributed by atoms with van der Waals surface area (Å²) in [5, 5.41) is 4.54. The van der Waals surface area contributed by atoms with Crippen LogP contribution >= 0.6 is 0 Å². The Morgan fingerprint density at radius 1 is 1.39 bits per heavy atom. The summed E-state index contributed by atoms with van der Waals surface area (Å²) in [5.41, 5.74) is 7.91. The zero-order valence-corrected chi connectivity index (χ0v) is 13.1. The van der Waals surface area contributed by atoms with E-state index in [-0.39, 0.29) is 0 Å². The molecule has 18 heavy (non-hydrogen) atoms. The van der Waals surface area contributed by atoms with E-state index in [2.05, 4.69) is 22.0 Å². The average molecular weight is 359 g/mol. The number of halogens is 1. The summed E-state index contributed by atoms with van der Waals surface area (Å²) in [6, 6.07) is 5.96. The first-order chi connectivity index (χ1) is 8.74. The molecule has 2 rings (SSSR count). The summed E-state index contributed by atoms with van der Waals surface area (Å²) < 4.78 is 3.26. The second kappa shape index (κ2) is 6.26. The van der Waals surface area contributed by atoms with Gasteiger partial charge in [-0.2, -0.15) is 0 Å². The van der Waals surface area contributed by atoms with Crippen LogP contribution in [-0.4, -0.2) is 32.6 Å². The third-order valence-electron chi connectivity index (χ3n) is 2.99. The first-order valence-electron chi connectivity index (χ1n) is 6.12. The Morgan fingerprint density at radius 2 is 2.22 bits per heavy atom. The monoisotopic (exact) mass is 359 g/mol. The Kier molecular flexibility index (Phi) is 4.68. The number of nitrogens with two attached hydrogens (primary N) is 1. The molecule has 0 aliphatic rings. The maximum absolute atomic E-state index is 6.15. The molecule has 0 bridgehead atoms. The number of rotatable bonds is 6. The molecule has 100 valence electrons. The maximum atomic E-state index is 6.15. The molecule has 2 N–H and O–H groups in total. The molecule has 2 aromatic heterocycles. The molecule has 0 atom stereocenters. The molecule has 0 saturated carbocycles. The molecule has 4 nitrogen and oxygen atoms in total. The Bertz CT molecular complexity index is 509. The first-order valence-corrected chi connectivity index (χ1v) is 9.80. The number of hydrogen-bond acceptors (Lipinski definition) is 3. The van der Waals surface area contributed by atoms with Gasteiger partial charge in [0, 0.05) is 0 Å². The van der Waals surface area contributed by atoms with Crippen molar-refractivity contribution in [2.75, 3.05) is 33.6 Å². The van der Waals surface area contributed by atoms with Crippen molar-refractivity contribution in [3.63, 3.8) is 0 Å². The van der Waals surface area contributed by atoms with Gasteiger partial charge in [0.1, 0.15) is 0 Å². The third-order valence-corrected chi connectivity index (χ3v) is 4.83. The van der Waals surface area contributed by atoms with Crippen LogP contribution in [0, 0.1) is 0 Å². The van der Waals surface area contributed by atoms with E-state index < -0.39 is 0 Å². The van der Waals surface area contributed by atoms with Crippen molar-refractivity contribution in [2.24, 2.45) is 0 Å². The fourth-order valence-corrected chi connectivity index (χ4v) is 3.27. The summed E-state index contributed by atoms with van der Waals surface area (Å²) in [6.07, 6.45) is 4.48. The van der Waals surface area contributed by atoms with Crippen LogP contribution in [-0.2, 0) is 0 Å². The number of pyridine rings is 1. The van der Waals surface area contributed by atoms with Gasteiger partial charge in [0.2, 0.25) is 0 Å². The Labute approximate surface area is 118 Å². The zero-order valence-electron chi connectivity index (χ0n) is 10.9. The molecule has 0 spiro atoms. The van der Waals surface area contributed by atoms with Gasteiger partial charge in [-0.15, -0.1) is 0 Å². The summed E-state index contributed by atoms with van der Waals surface area (Å²) in [7, 11) is 2.07. The number of aromatic nitrogens is 2. The van der Waals surface area contributed by atoms with Crippen LogP contribution in [0.2, 0.25) is 0 Å². The van der Waals surface area contributed by atoms with Crippen molar-refractivity contribution in [1.29, 1.82) is 0 Å². The van der Waals surface area contributed by atoms with E-state index in [1.165, 1.54) is 17.3 Å². The molecular formula is C13H20IN4-. The molecular weight excluding hydrogens is 339 g/mol. The topological polar surface area (TPSA) is 46.6 Å². The van der Waals surface area contributed by atoms with Crippen LogP contribution in [0.5, 0.6) is 0 Å². The molecule has 0 fully saturated rings. The molecule has 2 heterocycles. The van der Waals surface area contributed by atoms with Crippen molar-refractivity contribution < 1.29 is 21.2 Å². The number of fused-ring (bicyclic) bond motifs is 1. The van der Waals surface area contributed by atoms with Crippen LogP contribution in [0.25, 0.3) is 5.52 Å². The molecule has 0 unspecified atom stereocenters. The van der Waals surface area contributed by atoms with Gasteiger partial charge in [-0.05, 0) is 0 Å². The fourth-order valence-electron chi connectivity index (χ4n) is 1.97. The molecule has 5 heteroatoms. The summed E-state index contributed by atoms with van der Waals surface area (Å²) in [4.78, 5) is 4.50. The number of nitrogens with zero attached hydrogens (tertiary/aromatic N) is 3. The van der Waals surface area contributed by atoms with Gasteiger partial charge in [-0.1, -0.05) is 0 Å². The van der Waals surface area contributed by atoms with Crippen molar-refractivity contribution in [2.45, 2.75) is 12.8 Å². The van der Waals surface area contributed by atoms with Gasteiger partial charge in [0.15, 0.2) is 0 Å². The molecule has 0 aliphatic carbocycles. The summed E-state index contributed by atoms with van der Waals surface area (Å²) >= 11 is 0.434. The predicted molar refractivity (Wildman–Crippen MR) is 72.9 cm³/mol. The van der Waals surface area contributed by atoms with E-state index in [0.29, 0.717) is 21.2 Å². The van der Waals surface area contributed by atoms with Gasteiger partial charge < -0.3 is 0 Å². The first kappa shape index (κ1) is 13.5. The Balaban J connectivity index is 2.08. The number of alkyl halides is 2. The van der Waals surface area contributed by atoms with E-state index in [1.54, 1.807) is 0 Å². The van der Waals surface area contributed by atoms with Crippen molar-refractivity contribution >= 4 is 17.0 Å². The van der Waals surface area contributed by atoms with Crippen LogP contribution in [0.15, 0.2) is 24.4 Å². The minimum absolute atomic E-state index is 0.434. The molecule has 0 saturated heterocycles. The van der Waals surface area contributed by atoms with Gasteiger partial charge >= 0.3 is 119 Å². The van der Waals surface area contributed by atoms with Crippen molar-refractivity contribution in [3.05, 3.63) is 24.4 Å². The normalized spacial score (nSPS) is 11.2. The van der Waals surface area contributed by atoms with Gasteiger partial charge in [0.05, 0.1) is 0 Å². The van der Waals surface area contributed by atoms with Crippen LogP contribution in [0.1, 0.15) is 12.8 Å². The second-order valence-electron chi connectivity index (χ2n) is 4.35. The molecule has 0 radical (unpaired) electrons. The van der Waals surface area contributed by atoms with Crippen molar-refractivity contribution in [1.82, 2.24) is 9.61 Å². The zero-order chi connectivity index (χ0) is 13.0. The number of anilines is 2. The molecule has 0 amide bonds. The molecule has 0 aromatic carbocycles. The van der Waals surface area contributed by atoms with E-state index in [1.807, 2.05) is 28.9 Å². The van der Waals surface area contributed by atoms with Crippen LogP contribution < -0.4 is 31.8 Å². The standard InChI is InChI=1S/C13H20IN4/c1-14-8-4-6-9-17(2)13-12(15)11-7-3-5-10-18(11)16-13/h3,5,7,10H,4,6,8-9,15H2,1-2H3/q-1. The van der Waals surface area contributed by atoms with E-state index in [4.69, 9.17) is 5.73 Å². The predicted octanol–water partition coefficient (Wildman–Crippen LogP) is -1.15. The van der Waals surface area contributed by atoms with Crippen LogP contribution in [0.3, 0.4) is 0 Å². The third kappa shape index (κ3) is 2.88.